The number of anilines is 1. The summed E-state index contributed by atoms with van der Waals surface area (Å²) in [5.41, 5.74) is 8.26. The van der Waals surface area contributed by atoms with Crippen LogP contribution in [0.3, 0.4) is 0 Å². The summed E-state index contributed by atoms with van der Waals surface area (Å²) in [5.74, 6) is -2.73. The van der Waals surface area contributed by atoms with Crippen molar-refractivity contribution >= 4 is 58.6 Å². The van der Waals surface area contributed by atoms with Crippen LogP contribution < -0.4 is 25.8 Å². The lowest BCUT2D eigenvalue weighted by Gasteiger charge is -2.31. The second-order valence-electron chi connectivity index (χ2n) is 16.1. The molecule has 3 aliphatic rings. The molecule has 5 heterocycles. The minimum Gasteiger partial charge on any atom is -0.484 e. The molecule has 0 aliphatic carbocycles. The standard InChI is InChI=1S/C46H53Cl2FN8O11/c1-28(41-35(47)4-5-36(49)42(41)48)68-38-22-29(24-52-43(38)50)30-25-53-56(26-30)31-8-11-55(12-9-31)13-15-64-17-19-66-21-20-65-18-16-63-14-10-51-40(59)27-67-32-2-3-33-34(23-32)46(62)57(45(33)61)37-6-7-39(58)54-44(37)60/h2-5,22-26,28,31,37H,6-21,27H2,1H3,(H2,50,52)(H,51,59)(H,54,58,60)/t28-,37?/m1/s1. The Balaban J connectivity index is 0.674. The van der Waals surface area contributed by atoms with Crippen molar-refractivity contribution in [2.24, 2.45) is 0 Å². The van der Waals surface area contributed by atoms with Gasteiger partial charge in [-0.3, -0.25) is 38.9 Å². The largest absolute Gasteiger partial charge is 0.484 e. The van der Waals surface area contributed by atoms with Gasteiger partial charge in [0, 0.05) is 66.7 Å². The molecule has 7 rings (SSSR count). The van der Waals surface area contributed by atoms with Crippen molar-refractivity contribution in [2.45, 2.75) is 50.8 Å². The second-order valence-corrected chi connectivity index (χ2v) is 16.9. The Morgan fingerprint density at radius 1 is 0.882 bits per heavy atom. The maximum atomic E-state index is 14.1. The number of carbonyl (C=O) groups is 5. The molecule has 1 unspecified atom stereocenters. The third-order valence-electron chi connectivity index (χ3n) is 11.6. The molecule has 2 aromatic heterocycles. The number of halogens is 3. The van der Waals surface area contributed by atoms with Gasteiger partial charge in [0.2, 0.25) is 11.8 Å². The number of carbonyl (C=O) groups excluding carboxylic acids is 5. The van der Waals surface area contributed by atoms with Crippen LogP contribution in [-0.4, -0.2) is 146 Å². The fraction of sp³-hybridized carbons (Fsp3) is 0.457. The zero-order valence-corrected chi connectivity index (χ0v) is 38.9. The number of fused-ring (bicyclic) bond motifs is 1. The van der Waals surface area contributed by atoms with E-state index in [1.807, 2.05) is 10.9 Å². The van der Waals surface area contributed by atoms with Gasteiger partial charge in [0.05, 0.1) is 81.2 Å². The van der Waals surface area contributed by atoms with Crippen LogP contribution in [0.15, 0.2) is 55.0 Å². The van der Waals surface area contributed by atoms with Gasteiger partial charge in [-0.15, -0.1) is 0 Å². The Morgan fingerprint density at radius 2 is 1.57 bits per heavy atom. The Hall–Kier alpha value is -5.74. The number of nitrogens with one attached hydrogen (secondary N) is 2. The lowest BCUT2D eigenvalue weighted by molar-refractivity contribution is -0.136. The highest BCUT2D eigenvalue weighted by Crippen LogP contribution is 2.37. The summed E-state index contributed by atoms with van der Waals surface area (Å²) in [4.78, 5) is 69.4. The number of likely N-dealkylation sites (tertiary alicyclic amines) is 1. The summed E-state index contributed by atoms with van der Waals surface area (Å²) >= 11 is 12.5. The van der Waals surface area contributed by atoms with Crippen molar-refractivity contribution in [2.75, 3.05) is 91.4 Å². The molecule has 0 saturated carbocycles. The summed E-state index contributed by atoms with van der Waals surface area (Å²) in [6.45, 7) is 7.57. The first-order valence-electron chi connectivity index (χ1n) is 22.3. The molecule has 22 heteroatoms. The van der Waals surface area contributed by atoms with Crippen LogP contribution in [0, 0.1) is 5.82 Å². The second kappa shape index (κ2) is 24.0. The molecule has 19 nitrogen and oxygen atoms in total. The van der Waals surface area contributed by atoms with Crippen molar-refractivity contribution in [1.82, 2.24) is 35.2 Å². The molecule has 68 heavy (non-hydrogen) atoms. The number of benzene rings is 2. The van der Waals surface area contributed by atoms with Crippen LogP contribution in [0.5, 0.6) is 11.5 Å². The zero-order chi connectivity index (χ0) is 48.2. The molecule has 2 fully saturated rings. The Labute approximate surface area is 401 Å². The number of pyridine rings is 1. The van der Waals surface area contributed by atoms with Crippen LogP contribution in [-0.2, 0) is 33.3 Å². The van der Waals surface area contributed by atoms with E-state index in [0.717, 1.165) is 48.5 Å². The van der Waals surface area contributed by atoms with Gasteiger partial charge in [0.25, 0.3) is 17.7 Å². The smallest absolute Gasteiger partial charge is 0.262 e. The normalized spacial score (nSPS) is 17.1. The number of hydrogen-bond acceptors (Lipinski definition) is 15. The van der Waals surface area contributed by atoms with Gasteiger partial charge in [-0.05, 0) is 62.6 Å². The summed E-state index contributed by atoms with van der Waals surface area (Å²) in [7, 11) is 0. The number of ether oxygens (including phenoxy) is 6. The van der Waals surface area contributed by atoms with Crippen LogP contribution in [0.4, 0.5) is 10.2 Å². The molecule has 0 spiro atoms. The molecule has 5 amide bonds. The number of piperidine rings is 2. The quantitative estimate of drug-likeness (QED) is 0.0502. The van der Waals surface area contributed by atoms with E-state index >= 15 is 0 Å². The van der Waals surface area contributed by atoms with Crippen LogP contribution in [0.2, 0.25) is 10.0 Å². The van der Waals surface area contributed by atoms with Gasteiger partial charge in [-0.2, -0.15) is 5.10 Å². The third kappa shape index (κ3) is 12.9. The third-order valence-corrected chi connectivity index (χ3v) is 12.3. The fourth-order valence-electron chi connectivity index (χ4n) is 7.92. The average molecular weight is 984 g/mol. The van der Waals surface area contributed by atoms with E-state index in [4.69, 9.17) is 57.4 Å². The number of hydrogen-bond donors (Lipinski definition) is 3. The lowest BCUT2D eigenvalue weighted by atomic mass is 10.0. The van der Waals surface area contributed by atoms with E-state index < -0.39 is 47.5 Å². The summed E-state index contributed by atoms with van der Waals surface area (Å²) in [6, 6.07) is 7.83. The highest BCUT2D eigenvalue weighted by molar-refractivity contribution is 6.36. The summed E-state index contributed by atoms with van der Waals surface area (Å²) in [6.07, 6.45) is 6.71. The topological polar surface area (TPSA) is 228 Å². The molecule has 4 N–H and O–H groups in total. The predicted molar refractivity (Wildman–Crippen MR) is 245 cm³/mol. The van der Waals surface area contributed by atoms with Crippen LogP contribution >= 0.6 is 23.2 Å². The minimum absolute atomic E-state index is 0.0226. The van der Waals surface area contributed by atoms with Gasteiger partial charge in [-0.25, -0.2) is 9.37 Å². The molecule has 2 saturated heterocycles. The molecule has 4 aromatic rings. The first-order chi connectivity index (χ1) is 32.9. The number of imide groups is 2. The van der Waals surface area contributed by atoms with Crippen molar-refractivity contribution < 1.29 is 56.8 Å². The Morgan fingerprint density at radius 3 is 2.29 bits per heavy atom. The van der Waals surface area contributed by atoms with E-state index in [-0.39, 0.29) is 71.4 Å². The number of rotatable bonds is 24. The Bertz CT molecular complexity index is 2450. The minimum atomic E-state index is -1.07. The van der Waals surface area contributed by atoms with E-state index in [2.05, 4.69) is 25.6 Å². The van der Waals surface area contributed by atoms with E-state index in [9.17, 15) is 28.4 Å². The summed E-state index contributed by atoms with van der Waals surface area (Å²) in [5, 5.41) is 9.66. The number of nitrogens with two attached hydrogens (primary N) is 1. The highest BCUT2D eigenvalue weighted by atomic mass is 35.5. The summed E-state index contributed by atoms with van der Waals surface area (Å²) < 4.78 is 50.1. The zero-order valence-electron chi connectivity index (χ0n) is 37.4. The number of amides is 5. The molecule has 2 aromatic carbocycles. The van der Waals surface area contributed by atoms with Gasteiger partial charge in [-0.1, -0.05) is 23.2 Å². The van der Waals surface area contributed by atoms with E-state index in [1.54, 1.807) is 25.4 Å². The van der Waals surface area contributed by atoms with Gasteiger partial charge in [0.15, 0.2) is 18.2 Å². The molecular weight excluding hydrogens is 930 g/mol. The van der Waals surface area contributed by atoms with E-state index in [1.165, 1.54) is 30.3 Å². The van der Waals surface area contributed by atoms with Gasteiger partial charge < -0.3 is 44.4 Å². The monoisotopic (exact) mass is 982 g/mol. The van der Waals surface area contributed by atoms with Crippen molar-refractivity contribution in [1.29, 1.82) is 0 Å². The Kier molecular flexibility index (Phi) is 17.7. The van der Waals surface area contributed by atoms with Crippen molar-refractivity contribution in [3.05, 3.63) is 87.5 Å². The first kappa shape index (κ1) is 50.1. The molecular formula is C46H53Cl2FN8O11. The predicted octanol–water partition coefficient (Wildman–Crippen LogP) is 4.41. The maximum Gasteiger partial charge on any atom is 0.262 e. The molecule has 2 atom stereocenters. The maximum absolute atomic E-state index is 14.1. The molecule has 0 bridgehead atoms. The molecule has 3 aliphatic heterocycles. The van der Waals surface area contributed by atoms with Crippen LogP contribution in [0.25, 0.3) is 11.1 Å². The number of nitrogen functional groups attached to an aromatic ring is 1. The molecule has 364 valence electrons. The first-order valence-corrected chi connectivity index (χ1v) is 23.0. The van der Waals surface area contributed by atoms with Crippen LogP contribution in [0.1, 0.15) is 71.0 Å². The van der Waals surface area contributed by atoms with Crippen molar-refractivity contribution in [3.8, 4) is 22.6 Å². The van der Waals surface area contributed by atoms with Gasteiger partial charge >= 0.3 is 0 Å². The SMILES string of the molecule is C[C@@H](Oc1cc(-c2cnn(C3CCN(CCOCCOCCOCCOCCNC(=O)COc4ccc5c(c4)C(=O)N(C4CCC(=O)NC4=O)C5=O)CC3)c2)cnc1N)c1c(Cl)ccc(F)c1Cl. The number of nitrogens with zero attached hydrogens (tertiary/aromatic N) is 5. The average Bonchev–Trinajstić information content (AvgIpc) is 3.91. The highest BCUT2D eigenvalue weighted by Gasteiger charge is 2.44. The van der Waals surface area contributed by atoms with E-state index in [0.29, 0.717) is 57.6 Å². The van der Waals surface area contributed by atoms with Gasteiger partial charge in [0.1, 0.15) is 23.7 Å². The lowest BCUT2D eigenvalue weighted by Crippen LogP contribution is -2.54. The number of aromatic nitrogens is 3. The molecule has 0 radical (unpaired) electrons. The van der Waals surface area contributed by atoms with Crippen molar-refractivity contribution in [3.63, 3.8) is 0 Å². The fourth-order valence-corrected chi connectivity index (χ4v) is 8.60.